The first kappa shape index (κ1) is 34.6. The normalized spacial score (nSPS) is 24.1. The minimum atomic E-state index is -0.281. The Balaban J connectivity index is 1.09. The van der Waals surface area contributed by atoms with Gasteiger partial charge in [0.1, 0.15) is 6.07 Å². The van der Waals surface area contributed by atoms with E-state index in [0.29, 0.717) is 52.9 Å². The van der Waals surface area contributed by atoms with E-state index in [4.69, 9.17) is 4.99 Å². The average molecular weight is 724 g/mol. The van der Waals surface area contributed by atoms with E-state index in [2.05, 4.69) is 95.8 Å². The minimum Gasteiger partial charge on any atom is -0.360 e. The quantitative estimate of drug-likeness (QED) is 0.242. The van der Waals surface area contributed by atoms with Crippen molar-refractivity contribution in [3.63, 3.8) is 0 Å². The van der Waals surface area contributed by atoms with Crippen LogP contribution in [0.4, 0.5) is 5.69 Å². The molecule has 3 aliphatic carbocycles. The highest BCUT2D eigenvalue weighted by Crippen LogP contribution is 2.52. The summed E-state index contributed by atoms with van der Waals surface area (Å²) < 4.78 is 0. The van der Waals surface area contributed by atoms with Crippen molar-refractivity contribution in [3.8, 4) is 46.5 Å². The zero-order chi connectivity index (χ0) is 38.4. The van der Waals surface area contributed by atoms with E-state index in [-0.39, 0.29) is 23.4 Å². The van der Waals surface area contributed by atoms with Crippen molar-refractivity contribution >= 4 is 11.9 Å². The van der Waals surface area contributed by atoms with E-state index < -0.39 is 0 Å². The van der Waals surface area contributed by atoms with Gasteiger partial charge >= 0.3 is 0 Å². The van der Waals surface area contributed by atoms with Crippen molar-refractivity contribution in [2.45, 2.75) is 44.8 Å². The van der Waals surface area contributed by atoms with Gasteiger partial charge < -0.3 is 9.80 Å². The van der Waals surface area contributed by atoms with Gasteiger partial charge in [0.25, 0.3) is 0 Å². The van der Waals surface area contributed by atoms with E-state index in [1.165, 1.54) is 16.8 Å². The van der Waals surface area contributed by atoms with Crippen molar-refractivity contribution in [1.29, 1.82) is 21.0 Å². The molecule has 4 unspecified atom stereocenters. The van der Waals surface area contributed by atoms with Crippen molar-refractivity contribution in [3.05, 3.63) is 172 Å². The fourth-order valence-corrected chi connectivity index (χ4v) is 9.49. The van der Waals surface area contributed by atoms with Gasteiger partial charge in [0.05, 0.1) is 53.4 Å². The van der Waals surface area contributed by atoms with Crippen LogP contribution < -0.4 is 4.90 Å². The molecule has 3 aromatic rings. The molecular formula is C49H37N7. The van der Waals surface area contributed by atoms with Crippen LogP contribution >= 0.6 is 0 Å². The molecule has 4 atom stereocenters. The third-order valence-electron chi connectivity index (χ3n) is 12.1. The molecule has 0 N–H and O–H groups in total. The molecule has 56 heavy (non-hydrogen) atoms. The van der Waals surface area contributed by atoms with E-state index in [1.54, 1.807) is 0 Å². The maximum atomic E-state index is 10.9. The summed E-state index contributed by atoms with van der Waals surface area (Å²) >= 11 is 0. The molecule has 9 rings (SSSR count). The predicted octanol–water partition coefficient (Wildman–Crippen LogP) is 9.69. The predicted molar refractivity (Wildman–Crippen MR) is 219 cm³/mol. The molecule has 6 aliphatic rings. The lowest BCUT2D eigenvalue weighted by Crippen LogP contribution is -2.39. The van der Waals surface area contributed by atoms with Crippen LogP contribution in [0.15, 0.2) is 160 Å². The second-order valence-electron chi connectivity index (χ2n) is 15.1. The second-order valence-corrected chi connectivity index (χ2v) is 15.1. The minimum absolute atomic E-state index is 0.0108. The number of para-hydroxylation sites is 1. The molecule has 0 radical (unpaired) electrons. The average Bonchev–Trinajstić information content (AvgIpc) is 3.42. The molecule has 0 saturated heterocycles. The van der Waals surface area contributed by atoms with Crippen LogP contribution in [0.2, 0.25) is 0 Å². The smallest absolute Gasteiger partial charge is 0.100 e. The molecule has 0 aromatic heterocycles. The highest BCUT2D eigenvalue weighted by atomic mass is 15.2. The van der Waals surface area contributed by atoms with Gasteiger partial charge in [0.2, 0.25) is 0 Å². The number of rotatable bonds is 5. The molecule has 3 heterocycles. The van der Waals surface area contributed by atoms with Crippen LogP contribution in [0, 0.1) is 56.7 Å². The first-order chi connectivity index (χ1) is 27.5. The molecule has 7 nitrogen and oxygen atoms in total. The summed E-state index contributed by atoms with van der Waals surface area (Å²) in [5.74, 6) is 0.0144. The number of nitrogens with zero attached hydrogens (tertiary/aromatic N) is 7. The summed E-state index contributed by atoms with van der Waals surface area (Å²) in [6.07, 6.45) is 25.4. The Morgan fingerprint density at radius 3 is 2.45 bits per heavy atom. The number of aliphatic imine (C=N–C) groups is 1. The molecule has 3 aliphatic heterocycles. The lowest BCUT2D eigenvalue weighted by molar-refractivity contribution is 0.295. The Bertz CT molecular complexity index is 2670. The maximum Gasteiger partial charge on any atom is 0.100 e. The lowest BCUT2D eigenvalue weighted by atomic mass is 9.77. The Morgan fingerprint density at radius 1 is 0.804 bits per heavy atom. The van der Waals surface area contributed by atoms with Gasteiger partial charge in [-0.25, -0.2) is 0 Å². The molecule has 0 bridgehead atoms. The Labute approximate surface area is 327 Å². The molecule has 0 fully saturated rings. The Morgan fingerprint density at radius 2 is 1.62 bits per heavy atom. The first-order valence-corrected chi connectivity index (χ1v) is 19.1. The van der Waals surface area contributed by atoms with Gasteiger partial charge in [-0.2, -0.15) is 21.0 Å². The van der Waals surface area contributed by atoms with Crippen LogP contribution in [0.25, 0.3) is 22.3 Å². The van der Waals surface area contributed by atoms with Crippen molar-refractivity contribution in [1.82, 2.24) is 4.90 Å². The second kappa shape index (κ2) is 13.9. The van der Waals surface area contributed by atoms with Crippen LogP contribution in [0.5, 0.6) is 0 Å². The first-order valence-electron chi connectivity index (χ1n) is 19.1. The zero-order valence-corrected chi connectivity index (χ0v) is 31.0. The highest BCUT2D eigenvalue weighted by Gasteiger charge is 2.48. The number of anilines is 1. The third kappa shape index (κ3) is 5.49. The number of fused-ring (bicyclic) bond motifs is 4. The van der Waals surface area contributed by atoms with Gasteiger partial charge in [0.15, 0.2) is 0 Å². The highest BCUT2D eigenvalue weighted by molar-refractivity contribution is 5.91. The van der Waals surface area contributed by atoms with Gasteiger partial charge in [0, 0.05) is 69.2 Å². The summed E-state index contributed by atoms with van der Waals surface area (Å²) in [6, 6.07) is 29.8. The fraction of sp³-hybridized carbons (Fsp3) is 0.204. The Hall–Kier alpha value is -7.19. The number of nitriles is 4. The van der Waals surface area contributed by atoms with Gasteiger partial charge in [-0.15, -0.1) is 0 Å². The van der Waals surface area contributed by atoms with Gasteiger partial charge in [-0.3, -0.25) is 4.99 Å². The van der Waals surface area contributed by atoms with E-state index in [1.807, 2.05) is 72.8 Å². The van der Waals surface area contributed by atoms with Crippen molar-refractivity contribution in [2.24, 2.45) is 16.3 Å². The number of hydrogen-bond acceptors (Lipinski definition) is 7. The van der Waals surface area contributed by atoms with E-state index in [0.717, 1.165) is 40.9 Å². The van der Waals surface area contributed by atoms with E-state index >= 15 is 0 Å². The lowest BCUT2D eigenvalue weighted by Gasteiger charge is -2.35. The van der Waals surface area contributed by atoms with Crippen LogP contribution in [-0.2, 0) is 6.54 Å². The standard InChI is InChI=1S/C49H37N7/c1-49-31-54-23-7-14-48(49)56(47-13-5-3-11-43(47)49)46-12-4-2-8-39(46)38-10-6-9-37(42(38)29-53)36-19-16-34(24-35(36)28-52)30-55-44-21-17-32(26-50)15-20-40(44)41-25-33(27-51)18-22-45(41)55/h2-4,6-12,14-19,21-22,24-25,31,41,45,48H,5,13,20,23,30H2,1H3. The summed E-state index contributed by atoms with van der Waals surface area (Å²) in [7, 11) is 0. The van der Waals surface area contributed by atoms with Crippen molar-refractivity contribution < 1.29 is 0 Å². The summed E-state index contributed by atoms with van der Waals surface area (Å²) in [5.41, 5.74) is 12.0. The molecule has 0 amide bonds. The summed E-state index contributed by atoms with van der Waals surface area (Å²) in [6.45, 7) is 3.46. The fourth-order valence-electron chi connectivity index (χ4n) is 9.49. The van der Waals surface area contributed by atoms with Crippen LogP contribution in [-0.4, -0.2) is 29.7 Å². The van der Waals surface area contributed by atoms with E-state index in [9.17, 15) is 21.0 Å². The SMILES string of the molecule is CC12C=NCC=CC1N(c1ccccc1-c1cccc(-c3ccc(CN4C5=C(CC=C(C#N)C=C5)C5C=C(C#N)C=CC54)cc3C#N)c1C#N)C1=C2C=CCC1. The molecule has 268 valence electrons. The zero-order valence-electron chi connectivity index (χ0n) is 31.0. The Kier molecular flexibility index (Phi) is 8.58. The van der Waals surface area contributed by atoms with Crippen LogP contribution in [0.1, 0.15) is 42.9 Å². The number of benzene rings is 3. The molecule has 0 spiro atoms. The number of hydrogen-bond donors (Lipinski definition) is 0. The number of allylic oxidation sites excluding steroid dienone is 9. The third-order valence-corrected chi connectivity index (χ3v) is 12.1. The molecule has 7 heteroatoms. The molecule has 0 saturated carbocycles. The summed E-state index contributed by atoms with van der Waals surface area (Å²) in [5, 5.41) is 40.8. The maximum absolute atomic E-state index is 10.9. The summed E-state index contributed by atoms with van der Waals surface area (Å²) in [4.78, 5) is 9.52. The van der Waals surface area contributed by atoms with Crippen LogP contribution in [0.3, 0.4) is 0 Å². The topological polar surface area (TPSA) is 114 Å². The van der Waals surface area contributed by atoms with Gasteiger partial charge in [-0.05, 0) is 73.3 Å². The largest absolute Gasteiger partial charge is 0.360 e. The van der Waals surface area contributed by atoms with Crippen molar-refractivity contribution in [2.75, 3.05) is 11.4 Å². The monoisotopic (exact) mass is 723 g/mol. The molecule has 3 aromatic carbocycles. The molecular weight excluding hydrogens is 687 g/mol. The van der Waals surface area contributed by atoms with Gasteiger partial charge in [-0.1, -0.05) is 91.1 Å².